The molecular weight excluding hydrogens is 176 g/mol. The first-order valence-corrected chi connectivity index (χ1v) is 4.74. The molecule has 72 valence electrons. The highest BCUT2D eigenvalue weighted by Crippen LogP contribution is 2.26. The first-order valence-electron chi connectivity index (χ1n) is 4.74. The zero-order valence-corrected chi connectivity index (χ0v) is 8.12. The van der Waals surface area contributed by atoms with Crippen LogP contribution >= 0.6 is 0 Å². The summed E-state index contributed by atoms with van der Waals surface area (Å²) >= 11 is 0. The van der Waals surface area contributed by atoms with Gasteiger partial charge in [-0.05, 0) is 24.5 Å². The van der Waals surface area contributed by atoms with E-state index in [4.69, 9.17) is 4.74 Å². The molecule has 2 heteroatoms. The lowest BCUT2D eigenvalue weighted by atomic mass is 9.96. The number of aryl methyl sites for hydroxylation is 1. The van der Waals surface area contributed by atoms with Gasteiger partial charge in [-0.2, -0.15) is 0 Å². The molecule has 0 N–H and O–H groups in total. The van der Waals surface area contributed by atoms with Crippen LogP contribution in [0.5, 0.6) is 0 Å². The van der Waals surface area contributed by atoms with E-state index in [0.717, 1.165) is 18.4 Å². The van der Waals surface area contributed by atoms with Crippen molar-refractivity contribution in [3.8, 4) is 0 Å². The Balaban J connectivity index is 2.35. The maximum absolute atomic E-state index is 10.9. The maximum Gasteiger partial charge on any atom is 0.308 e. The van der Waals surface area contributed by atoms with E-state index in [2.05, 4.69) is 6.07 Å². The standard InChI is InChI=1S/C12H12O2/c1-9(13)14-12-8-4-6-10-5-2-3-7-11(10)12/h2-3,5,7-8H,4,6H2,1H3. The highest BCUT2D eigenvalue weighted by atomic mass is 16.5. The Morgan fingerprint density at radius 2 is 2.14 bits per heavy atom. The molecule has 0 unspecified atom stereocenters. The van der Waals surface area contributed by atoms with E-state index in [1.54, 1.807) is 0 Å². The Morgan fingerprint density at radius 3 is 2.93 bits per heavy atom. The summed E-state index contributed by atoms with van der Waals surface area (Å²) < 4.78 is 5.14. The number of benzene rings is 1. The molecule has 0 aromatic heterocycles. The van der Waals surface area contributed by atoms with Crippen molar-refractivity contribution in [2.24, 2.45) is 0 Å². The van der Waals surface area contributed by atoms with Crippen molar-refractivity contribution in [3.63, 3.8) is 0 Å². The quantitative estimate of drug-likeness (QED) is 0.633. The van der Waals surface area contributed by atoms with Crippen LogP contribution in [0.25, 0.3) is 5.76 Å². The number of carbonyl (C=O) groups excluding carboxylic acids is 1. The van der Waals surface area contributed by atoms with Gasteiger partial charge in [-0.15, -0.1) is 0 Å². The third kappa shape index (κ3) is 1.69. The summed E-state index contributed by atoms with van der Waals surface area (Å²) in [6.07, 6.45) is 3.95. The van der Waals surface area contributed by atoms with Crippen molar-refractivity contribution in [1.29, 1.82) is 0 Å². The summed E-state index contributed by atoms with van der Waals surface area (Å²) in [5, 5.41) is 0. The molecule has 0 radical (unpaired) electrons. The second-order valence-corrected chi connectivity index (χ2v) is 3.36. The van der Waals surface area contributed by atoms with E-state index in [1.807, 2.05) is 24.3 Å². The van der Waals surface area contributed by atoms with Crippen molar-refractivity contribution >= 4 is 11.7 Å². The van der Waals surface area contributed by atoms with Crippen molar-refractivity contribution < 1.29 is 9.53 Å². The van der Waals surface area contributed by atoms with E-state index in [0.29, 0.717) is 5.76 Å². The number of esters is 1. The summed E-state index contributed by atoms with van der Waals surface area (Å²) in [5.74, 6) is 0.451. The van der Waals surface area contributed by atoms with Crippen molar-refractivity contribution in [2.45, 2.75) is 19.8 Å². The zero-order valence-electron chi connectivity index (χ0n) is 8.12. The second kappa shape index (κ2) is 3.66. The molecule has 0 saturated heterocycles. The topological polar surface area (TPSA) is 26.3 Å². The van der Waals surface area contributed by atoms with E-state index < -0.39 is 0 Å². The monoisotopic (exact) mass is 188 g/mol. The minimum atomic E-state index is -0.257. The molecule has 0 bridgehead atoms. The summed E-state index contributed by atoms with van der Waals surface area (Å²) in [6, 6.07) is 8.03. The van der Waals surface area contributed by atoms with Crippen LogP contribution in [-0.2, 0) is 16.0 Å². The minimum absolute atomic E-state index is 0.257. The molecule has 0 fully saturated rings. The molecule has 0 amide bonds. The van der Waals surface area contributed by atoms with Gasteiger partial charge in [0.1, 0.15) is 5.76 Å². The van der Waals surface area contributed by atoms with Crippen LogP contribution in [-0.4, -0.2) is 5.97 Å². The molecule has 0 atom stereocenters. The molecule has 0 saturated carbocycles. The van der Waals surface area contributed by atoms with Crippen LogP contribution in [0.2, 0.25) is 0 Å². The van der Waals surface area contributed by atoms with Crippen molar-refractivity contribution in [3.05, 3.63) is 41.5 Å². The summed E-state index contributed by atoms with van der Waals surface area (Å²) in [4.78, 5) is 10.9. The van der Waals surface area contributed by atoms with E-state index in [1.165, 1.54) is 12.5 Å². The summed E-state index contributed by atoms with van der Waals surface area (Å²) in [5.41, 5.74) is 2.31. The van der Waals surface area contributed by atoms with Gasteiger partial charge in [0.25, 0.3) is 0 Å². The van der Waals surface area contributed by atoms with Crippen LogP contribution in [0.15, 0.2) is 30.3 Å². The van der Waals surface area contributed by atoms with Gasteiger partial charge in [0.15, 0.2) is 0 Å². The van der Waals surface area contributed by atoms with E-state index in [-0.39, 0.29) is 5.97 Å². The molecule has 1 aromatic carbocycles. The molecule has 0 spiro atoms. The van der Waals surface area contributed by atoms with Crippen LogP contribution in [0, 0.1) is 0 Å². The van der Waals surface area contributed by atoms with Crippen LogP contribution < -0.4 is 0 Å². The lowest BCUT2D eigenvalue weighted by molar-refractivity contribution is -0.134. The van der Waals surface area contributed by atoms with Gasteiger partial charge in [-0.1, -0.05) is 24.3 Å². The predicted molar refractivity (Wildman–Crippen MR) is 54.5 cm³/mol. The fourth-order valence-electron chi connectivity index (χ4n) is 1.70. The Bertz CT molecular complexity index is 391. The average molecular weight is 188 g/mol. The third-order valence-electron chi connectivity index (χ3n) is 2.28. The number of hydrogen-bond donors (Lipinski definition) is 0. The first-order chi connectivity index (χ1) is 6.77. The predicted octanol–water partition coefficient (Wildman–Crippen LogP) is 2.54. The number of fused-ring (bicyclic) bond motifs is 1. The fraction of sp³-hybridized carbons (Fsp3) is 0.250. The van der Waals surface area contributed by atoms with Crippen molar-refractivity contribution in [2.75, 3.05) is 0 Å². The lowest BCUT2D eigenvalue weighted by Crippen LogP contribution is -2.05. The molecule has 1 aliphatic carbocycles. The average Bonchev–Trinajstić information content (AvgIpc) is 2.18. The molecule has 1 aromatic rings. The molecule has 0 heterocycles. The Labute approximate surface area is 83.2 Å². The fourth-order valence-corrected chi connectivity index (χ4v) is 1.70. The van der Waals surface area contributed by atoms with Gasteiger partial charge < -0.3 is 4.74 Å². The number of allylic oxidation sites excluding steroid dienone is 1. The Morgan fingerprint density at radius 1 is 1.36 bits per heavy atom. The molecule has 1 aliphatic rings. The van der Waals surface area contributed by atoms with Crippen LogP contribution in [0.1, 0.15) is 24.5 Å². The van der Waals surface area contributed by atoms with E-state index in [9.17, 15) is 4.79 Å². The summed E-state index contributed by atoms with van der Waals surface area (Å²) in [6.45, 7) is 1.43. The van der Waals surface area contributed by atoms with Gasteiger partial charge in [0, 0.05) is 12.5 Å². The third-order valence-corrected chi connectivity index (χ3v) is 2.28. The van der Waals surface area contributed by atoms with Gasteiger partial charge in [0.2, 0.25) is 0 Å². The SMILES string of the molecule is CC(=O)OC1=CCCc2ccccc21. The molecule has 2 nitrogen and oxygen atoms in total. The van der Waals surface area contributed by atoms with Gasteiger partial charge >= 0.3 is 5.97 Å². The van der Waals surface area contributed by atoms with Gasteiger partial charge in [-0.3, -0.25) is 4.79 Å². The largest absolute Gasteiger partial charge is 0.426 e. The first kappa shape index (κ1) is 9.00. The molecule has 14 heavy (non-hydrogen) atoms. The lowest BCUT2D eigenvalue weighted by Gasteiger charge is -2.16. The van der Waals surface area contributed by atoms with Crippen LogP contribution in [0.4, 0.5) is 0 Å². The van der Waals surface area contributed by atoms with Gasteiger partial charge in [-0.25, -0.2) is 0 Å². The second-order valence-electron chi connectivity index (χ2n) is 3.36. The smallest absolute Gasteiger partial charge is 0.308 e. The highest BCUT2D eigenvalue weighted by molar-refractivity contribution is 5.77. The number of hydrogen-bond acceptors (Lipinski definition) is 2. The molecule has 2 rings (SSSR count). The number of rotatable bonds is 1. The van der Waals surface area contributed by atoms with Crippen LogP contribution in [0.3, 0.4) is 0 Å². The molecule has 0 aliphatic heterocycles. The maximum atomic E-state index is 10.9. The van der Waals surface area contributed by atoms with E-state index >= 15 is 0 Å². The Kier molecular flexibility index (Phi) is 2.35. The summed E-state index contributed by atoms with van der Waals surface area (Å²) in [7, 11) is 0. The Hall–Kier alpha value is -1.57. The van der Waals surface area contributed by atoms with Gasteiger partial charge in [0.05, 0.1) is 0 Å². The molecular formula is C12H12O2. The number of ether oxygens (including phenoxy) is 1. The zero-order chi connectivity index (χ0) is 9.97. The number of carbonyl (C=O) groups is 1. The highest BCUT2D eigenvalue weighted by Gasteiger charge is 2.13. The van der Waals surface area contributed by atoms with Crippen molar-refractivity contribution in [1.82, 2.24) is 0 Å². The minimum Gasteiger partial charge on any atom is -0.426 e. The normalized spacial score (nSPS) is 14.2.